The summed E-state index contributed by atoms with van der Waals surface area (Å²) >= 11 is 1.65. The number of aliphatic hydroxyl groups is 1. The Morgan fingerprint density at radius 3 is 2.90 bits per heavy atom. The molecule has 0 aliphatic heterocycles. The summed E-state index contributed by atoms with van der Waals surface area (Å²) in [6.07, 6.45) is 2.55. The highest BCUT2D eigenvalue weighted by molar-refractivity contribution is 7.18. The predicted molar refractivity (Wildman–Crippen MR) is 115 cm³/mol. The highest BCUT2D eigenvalue weighted by Gasteiger charge is 2.22. The van der Waals surface area contributed by atoms with Crippen LogP contribution in [0.25, 0.3) is 10.2 Å². The van der Waals surface area contributed by atoms with Gasteiger partial charge in [-0.3, -0.25) is 9.69 Å². The average molecular weight is 414 g/mol. The van der Waals surface area contributed by atoms with Crippen LogP contribution in [0, 0.1) is 0 Å². The summed E-state index contributed by atoms with van der Waals surface area (Å²) in [7, 11) is 0. The van der Waals surface area contributed by atoms with E-state index in [0.717, 1.165) is 35.0 Å². The van der Waals surface area contributed by atoms with Crippen LogP contribution in [-0.2, 0) is 30.7 Å². The number of hydrogen-bond acceptors (Lipinski definition) is 6. The summed E-state index contributed by atoms with van der Waals surface area (Å²) in [5.74, 6) is 0.641. The molecule has 7 heteroatoms. The van der Waals surface area contributed by atoms with Gasteiger partial charge in [0.1, 0.15) is 10.7 Å². The Hall–Kier alpha value is -2.06. The second kappa shape index (κ2) is 9.17. The lowest BCUT2D eigenvalue weighted by molar-refractivity contribution is 0.0175. The molecule has 6 nitrogen and oxygen atoms in total. The predicted octanol–water partition coefficient (Wildman–Crippen LogP) is 2.87. The third kappa shape index (κ3) is 4.75. The van der Waals surface area contributed by atoms with Crippen LogP contribution in [0.15, 0.2) is 35.1 Å². The molecule has 0 bridgehead atoms. The molecule has 0 fully saturated rings. The summed E-state index contributed by atoms with van der Waals surface area (Å²) in [5, 5.41) is 11.1. The molecular weight excluding hydrogens is 386 g/mol. The maximum absolute atomic E-state index is 12.7. The standard InChI is InChI=1S/C22H27N3O3S/c1-2-28-14-16(26)12-25(11-15-7-4-3-5-8-15)13-19-23-21(27)20-17-9-6-10-18(17)29-22(20)24-19/h3-5,7-8,16,26H,2,6,9-14H2,1H3,(H,23,24,27)/t16-/m0/s1. The molecule has 1 aliphatic rings. The van der Waals surface area contributed by atoms with Gasteiger partial charge >= 0.3 is 0 Å². The van der Waals surface area contributed by atoms with Crippen molar-refractivity contribution in [3.63, 3.8) is 0 Å². The number of hydrogen-bond donors (Lipinski definition) is 2. The van der Waals surface area contributed by atoms with Crippen LogP contribution < -0.4 is 5.56 Å². The van der Waals surface area contributed by atoms with E-state index in [4.69, 9.17) is 9.72 Å². The summed E-state index contributed by atoms with van der Waals surface area (Å²) < 4.78 is 5.36. The Kier molecular flexibility index (Phi) is 6.40. The van der Waals surface area contributed by atoms with Gasteiger partial charge in [0.05, 0.1) is 24.6 Å². The first-order valence-corrected chi connectivity index (χ1v) is 11.0. The summed E-state index contributed by atoms with van der Waals surface area (Å²) in [5.41, 5.74) is 2.30. The number of nitrogens with one attached hydrogen (secondary N) is 1. The number of aliphatic hydroxyl groups excluding tert-OH is 1. The van der Waals surface area contributed by atoms with Crippen molar-refractivity contribution in [2.75, 3.05) is 19.8 Å². The van der Waals surface area contributed by atoms with E-state index in [1.807, 2.05) is 25.1 Å². The Morgan fingerprint density at radius 2 is 2.10 bits per heavy atom. The van der Waals surface area contributed by atoms with E-state index in [0.29, 0.717) is 38.7 Å². The highest BCUT2D eigenvalue weighted by atomic mass is 32.1. The van der Waals surface area contributed by atoms with E-state index in [1.165, 1.54) is 10.4 Å². The number of aryl methyl sites for hydroxylation is 2. The van der Waals surface area contributed by atoms with Crippen molar-refractivity contribution in [1.29, 1.82) is 0 Å². The van der Waals surface area contributed by atoms with Crippen molar-refractivity contribution in [3.8, 4) is 0 Å². The molecule has 2 N–H and O–H groups in total. The molecule has 4 rings (SSSR count). The first-order valence-electron chi connectivity index (χ1n) is 10.2. The van der Waals surface area contributed by atoms with E-state index in [-0.39, 0.29) is 5.56 Å². The van der Waals surface area contributed by atoms with Gasteiger partial charge in [0, 0.05) is 24.6 Å². The maximum atomic E-state index is 12.7. The van der Waals surface area contributed by atoms with Gasteiger partial charge in [-0.05, 0) is 37.3 Å². The maximum Gasteiger partial charge on any atom is 0.259 e. The molecule has 0 radical (unpaired) electrons. The first kappa shape index (κ1) is 20.2. The molecule has 1 aromatic carbocycles. The highest BCUT2D eigenvalue weighted by Crippen LogP contribution is 2.34. The topological polar surface area (TPSA) is 78.5 Å². The number of ether oxygens (including phenoxy) is 1. The molecule has 29 heavy (non-hydrogen) atoms. The third-order valence-electron chi connectivity index (χ3n) is 5.23. The van der Waals surface area contributed by atoms with Crippen molar-refractivity contribution >= 4 is 21.6 Å². The Balaban J connectivity index is 1.56. The molecule has 1 aliphatic carbocycles. The van der Waals surface area contributed by atoms with Gasteiger partial charge in [-0.1, -0.05) is 30.3 Å². The zero-order valence-corrected chi connectivity index (χ0v) is 17.5. The fourth-order valence-electron chi connectivity index (χ4n) is 3.96. The Labute approximate surface area is 174 Å². The number of aromatic amines is 1. The lowest BCUT2D eigenvalue weighted by Gasteiger charge is -2.24. The van der Waals surface area contributed by atoms with Crippen molar-refractivity contribution < 1.29 is 9.84 Å². The number of benzene rings is 1. The fourth-order valence-corrected chi connectivity index (χ4v) is 5.25. The molecule has 0 amide bonds. The second-order valence-electron chi connectivity index (χ2n) is 7.52. The smallest absolute Gasteiger partial charge is 0.259 e. The van der Waals surface area contributed by atoms with Gasteiger partial charge in [-0.15, -0.1) is 11.3 Å². The fraction of sp³-hybridized carbons (Fsp3) is 0.455. The van der Waals surface area contributed by atoms with Crippen molar-refractivity contribution in [2.24, 2.45) is 0 Å². The minimum Gasteiger partial charge on any atom is -0.389 e. The van der Waals surface area contributed by atoms with Gasteiger partial charge in [0.25, 0.3) is 5.56 Å². The van der Waals surface area contributed by atoms with Crippen LogP contribution in [-0.4, -0.2) is 45.8 Å². The monoisotopic (exact) mass is 413 g/mol. The van der Waals surface area contributed by atoms with Crippen molar-refractivity contribution in [1.82, 2.24) is 14.9 Å². The van der Waals surface area contributed by atoms with Gasteiger partial charge in [-0.2, -0.15) is 0 Å². The third-order valence-corrected chi connectivity index (χ3v) is 6.42. The molecule has 154 valence electrons. The Bertz CT molecular complexity index is 1020. The quantitative estimate of drug-likeness (QED) is 0.564. The van der Waals surface area contributed by atoms with E-state index < -0.39 is 6.10 Å². The van der Waals surface area contributed by atoms with Crippen LogP contribution in [0.2, 0.25) is 0 Å². The number of H-pyrrole nitrogens is 1. The van der Waals surface area contributed by atoms with Gasteiger partial charge in [-0.25, -0.2) is 4.98 Å². The van der Waals surface area contributed by atoms with Crippen LogP contribution >= 0.6 is 11.3 Å². The van der Waals surface area contributed by atoms with E-state index in [2.05, 4.69) is 22.0 Å². The van der Waals surface area contributed by atoms with Crippen LogP contribution in [0.5, 0.6) is 0 Å². The van der Waals surface area contributed by atoms with Crippen molar-refractivity contribution in [3.05, 3.63) is 62.5 Å². The molecular formula is C22H27N3O3S. The SMILES string of the molecule is CCOC[C@@H](O)CN(Cc1ccccc1)Cc1nc2sc3c(c2c(=O)[nH]1)CCC3. The largest absolute Gasteiger partial charge is 0.389 e. The molecule has 0 saturated heterocycles. The second-order valence-corrected chi connectivity index (χ2v) is 8.60. The number of rotatable bonds is 9. The van der Waals surface area contributed by atoms with Crippen LogP contribution in [0.1, 0.15) is 35.2 Å². The van der Waals surface area contributed by atoms with E-state index in [9.17, 15) is 9.90 Å². The lowest BCUT2D eigenvalue weighted by atomic mass is 10.2. The van der Waals surface area contributed by atoms with Crippen molar-refractivity contribution in [2.45, 2.75) is 45.4 Å². The van der Waals surface area contributed by atoms with Gasteiger partial charge < -0.3 is 14.8 Å². The molecule has 0 unspecified atom stereocenters. The molecule has 0 saturated carbocycles. The first-order chi connectivity index (χ1) is 14.1. The van der Waals surface area contributed by atoms with E-state index >= 15 is 0 Å². The molecule has 2 heterocycles. The lowest BCUT2D eigenvalue weighted by Crippen LogP contribution is -2.35. The minimum absolute atomic E-state index is 0.0427. The zero-order chi connectivity index (χ0) is 20.2. The Morgan fingerprint density at radius 1 is 1.28 bits per heavy atom. The average Bonchev–Trinajstić information content (AvgIpc) is 3.28. The number of thiophene rings is 1. The van der Waals surface area contributed by atoms with Crippen LogP contribution in [0.4, 0.5) is 0 Å². The number of nitrogens with zero attached hydrogens (tertiary/aromatic N) is 2. The normalized spacial score (nSPS) is 14.6. The zero-order valence-electron chi connectivity index (χ0n) is 16.7. The van der Waals surface area contributed by atoms with Crippen LogP contribution in [0.3, 0.4) is 0 Å². The summed E-state index contributed by atoms with van der Waals surface area (Å²) in [6, 6.07) is 10.1. The molecule has 2 aromatic heterocycles. The van der Waals surface area contributed by atoms with Gasteiger partial charge in [0.2, 0.25) is 0 Å². The van der Waals surface area contributed by atoms with Gasteiger partial charge in [0.15, 0.2) is 0 Å². The number of fused-ring (bicyclic) bond motifs is 3. The molecule has 3 aromatic rings. The summed E-state index contributed by atoms with van der Waals surface area (Å²) in [6.45, 7) is 4.35. The minimum atomic E-state index is -0.598. The molecule has 1 atom stereocenters. The molecule has 0 spiro atoms. The number of aromatic nitrogens is 2. The van der Waals surface area contributed by atoms with E-state index in [1.54, 1.807) is 11.3 Å². The summed E-state index contributed by atoms with van der Waals surface area (Å²) in [4.78, 5) is 24.7.